The van der Waals surface area contributed by atoms with Crippen molar-refractivity contribution < 1.29 is 19.7 Å². The number of aromatic amines is 1. The number of hydrogen-bond acceptors (Lipinski definition) is 6. The Hall–Kier alpha value is -3.06. The fourth-order valence-electron chi connectivity index (χ4n) is 2.83. The number of nitrogens with one attached hydrogen (secondary N) is 1. The summed E-state index contributed by atoms with van der Waals surface area (Å²) in [7, 11) is 0. The van der Waals surface area contributed by atoms with Gasteiger partial charge in [-0.05, 0) is 39.0 Å². The number of rotatable bonds is 7. The van der Waals surface area contributed by atoms with Crippen molar-refractivity contribution in [2.75, 3.05) is 13.2 Å². The van der Waals surface area contributed by atoms with Gasteiger partial charge in [-0.3, -0.25) is 4.98 Å². The summed E-state index contributed by atoms with van der Waals surface area (Å²) >= 11 is 0. The van der Waals surface area contributed by atoms with Crippen LogP contribution in [0.3, 0.4) is 0 Å². The van der Waals surface area contributed by atoms with Gasteiger partial charge in [-0.25, -0.2) is 4.98 Å². The highest BCUT2D eigenvalue weighted by Gasteiger charge is 2.17. The van der Waals surface area contributed by atoms with Gasteiger partial charge in [-0.2, -0.15) is 0 Å². The smallest absolute Gasteiger partial charge is 0.161 e. The Labute approximate surface area is 157 Å². The standard InChI is InChI=1S/C20H23N3O4/c1-4-26-16-7-6-13(8-17(16)27-5-2)15-10-22-20(23-15)18-14(11-24)9-21-12(3)19(18)25/h6-10,24-25H,4-5,11H2,1-3H3,(H,22,23). The molecule has 0 aliphatic carbocycles. The molecule has 0 saturated carbocycles. The van der Waals surface area contributed by atoms with Crippen LogP contribution in [-0.2, 0) is 6.61 Å². The fourth-order valence-corrected chi connectivity index (χ4v) is 2.83. The van der Waals surface area contributed by atoms with Gasteiger partial charge < -0.3 is 24.7 Å². The third-order valence-corrected chi connectivity index (χ3v) is 4.15. The molecule has 0 fully saturated rings. The van der Waals surface area contributed by atoms with Crippen molar-refractivity contribution in [2.45, 2.75) is 27.4 Å². The van der Waals surface area contributed by atoms with Gasteiger partial charge in [-0.1, -0.05) is 0 Å². The molecule has 0 saturated heterocycles. The molecule has 7 nitrogen and oxygen atoms in total. The van der Waals surface area contributed by atoms with E-state index in [2.05, 4.69) is 15.0 Å². The number of benzene rings is 1. The molecule has 0 bridgehead atoms. The van der Waals surface area contributed by atoms with Crippen LogP contribution in [0.5, 0.6) is 17.2 Å². The summed E-state index contributed by atoms with van der Waals surface area (Å²) < 4.78 is 11.3. The highest BCUT2D eigenvalue weighted by molar-refractivity contribution is 5.72. The van der Waals surface area contributed by atoms with Crippen LogP contribution in [0, 0.1) is 6.92 Å². The van der Waals surface area contributed by atoms with Crippen LogP contribution in [-0.4, -0.2) is 38.4 Å². The lowest BCUT2D eigenvalue weighted by Crippen LogP contribution is -1.98. The Morgan fingerprint density at radius 3 is 2.48 bits per heavy atom. The Kier molecular flexibility index (Phi) is 5.61. The summed E-state index contributed by atoms with van der Waals surface area (Å²) in [5, 5.41) is 20.0. The average molecular weight is 369 g/mol. The number of aromatic hydroxyl groups is 1. The molecule has 0 unspecified atom stereocenters. The molecule has 142 valence electrons. The fraction of sp³-hybridized carbons (Fsp3) is 0.300. The lowest BCUT2D eigenvalue weighted by Gasteiger charge is -2.12. The minimum atomic E-state index is -0.246. The SMILES string of the molecule is CCOc1ccc(-c2cnc(-c3c(CO)cnc(C)c3O)[nH]2)cc1OCC. The molecule has 0 aliphatic rings. The Morgan fingerprint density at radius 1 is 1.04 bits per heavy atom. The van der Waals surface area contributed by atoms with Crippen LogP contribution in [0.15, 0.2) is 30.6 Å². The first-order valence-corrected chi connectivity index (χ1v) is 8.82. The third-order valence-electron chi connectivity index (χ3n) is 4.15. The van der Waals surface area contributed by atoms with Crippen LogP contribution >= 0.6 is 0 Å². The lowest BCUT2D eigenvalue weighted by atomic mass is 10.1. The molecule has 0 spiro atoms. The van der Waals surface area contributed by atoms with Crippen molar-refractivity contribution in [2.24, 2.45) is 0 Å². The summed E-state index contributed by atoms with van der Waals surface area (Å²) in [6.45, 7) is 6.38. The normalized spacial score (nSPS) is 10.8. The van der Waals surface area contributed by atoms with E-state index in [1.807, 2.05) is 32.0 Å². The number of ether oxygens (including phenoxy) is 2. The van der Waals surface area contributed by atoms with Crippen LogP contribution in [0.1, 0.15) is 25.1 Å². The van der Waals surface area contributed by atoms with Gasteiger partial charge in [0.1, 0.15) is 11.6 Å². The molecule has 27 heavy (non-hydrogen) atoms. The maximum atomic E-state index is 10.4. The number of nitrogens with zero attached hydrogens (tertiary/aromatic N) is 2. The Morgan fingerprint density at radius 2 is 1.78 bits per heavy atom. The minimum absolute atomic E-state index is 0.00384. The number of aromatic nitrogens is 3. The molecule has 3 aromatic rings. The van der Waals surface area contributed by atoms with Gasteiger partial charge in [0, 0.05) is 17.3 Å². The molecule has 0 radical (unpaired) electrons. The van der Waals surface area contributed by atoms with Gasteiger partial charge in [0.15, 0.2) is 11.5 Å². The van der Waals surface area contributed by atoms with Crippen LogP contribution < -0.4 is 9.47 Å². The molecule has 3 N–H and O–H groups in total. The zero-order valence-corrected chi connectivity index (χ0v) is 15.6. The molecule has 2 aromatic heterocycles. The van der Waals surface area contributed by atoms with Gasteiger partial charge in [0.2, 0.25) is 0 Å². The highest BCUT2D eigenvalue weighted by Crippen LogP contribution is 2.36. The number of aliphatic hydroxyl groups excluding tert-OH is 1. The van der Waals surface area contributed by atoms with E-state index in [9.17, 15) is 10.2 Å². The largest absolute Gasteiger partial charge is 0.505 e. The number of pyridine rings is 1. The van der Waals surface area contributed by atoms with Crippen molar-refractivity contribution in [3.05, 3.63) is 41.9 Å². The van der Waals surface area contributed by atoms with E-state index in [1.165, 1.54) is 6.20 Å². The van der Waals surface area contributed by atoms with E-state index in [1.54, 1.807) is 13.1 Å². The predicted octanol–water partition coefficient (Wildman–Crippen LogP) is 3.44. The van der Waals surface area contributed by atoms with Crippen molar-refractivity contribution in [1.29, 1.82) is 0 Å². The Bertz CT molecular complexity index is 937. The second kappa shape index (κ2) is 8.09. The maximum Gasteiger partial charge on any atom is 0.161 e. The molecule has 0 aliphatic heterocycles. The molecule has 3 rings (SSSR count). The van der Waals surface area contributed by atoms with Crippen molar-refractivity contribution in [3.63, 3.8) is 0 Å². The van der Waals surface area contributed by atoms with E-state index in [0.29, 0.717) is 47.4 Å². The van der Waals surface area contributed by atoms with E-state index >= 15 is 0 Å². The van der Waals surface area contributed by atoms with Crippen LogP contribution in [0.2, 0.25) is 0 Å². The molecular weight excluding hydrogens is 346 g/mol. The summed E-state index contributed by atoms with van der Waals surface area (Å²) in [4.78, 5) is 11.7. The summed E-state index contributed by atoms with van der Waals surface area (Å²) in [5.74, 6) is 1.81. The molecule has 0 atom stereocenters. The highest BCUT2D eigenvalue weighted by atomic mass is 16.5. The number of aliphatic hydroxyl groups is 1. The number of H-pyrrole nitrogens is 1. The number of imidazole rings is 1. The summed E-state index contributed by atoms with van der Waals surface area (Å²) in [6, 6.07) is 5.66. The van der Waals surface area contributed by atoms with Crippen molar-refractivity contribution >= 4 is 0 Å². The topological polar surface area (TPSA) is 100 Å². The van der Waals surface area contributed by atoms with E-state index < -0.39 is 0 Å². The first-order chi connectivity index (χ1) is 13.1. The zero-order valence-electron chi connectivity index (χ0n) is 15.6. The van der Waals surface area contributed by atoms with E-state index in [-0.39, 0.29) is 12.4 Å². The monoisotopic (exact) mass is 369 g/mol. The molecular formula is C20H23N3O4. The molecule has 2 heterocycles. The van der Waals surface area contributed by atoms with Gasteiger partial charge in [-0.15, -0.1) is 0 Å². The van der Waals surface area contributed by atoms with E-state index in [4.69, 9.17) is 9.47 Å². The first kappa shape index (κ1) is 18.7. The number of hydrogen-bond donors (Lipinski definition) is 3. The average Bonchev–Trinajstić information content (AvgIpc) is 3.15. The quantitative estimate of drug-likeness (QED) is 0.590. The zero-order chi connectivity index (χ0) is 19.4. The molecule has 1 aromatic carbocycles. The van der Waals surface area contributed by atoms with Crippen molar-refractivity contribution in [3.8, 4) is 39.9 Å². The van der Waals surface area contributed by atoms with Gasteiger partial charge in [0.05, 0.1) is 43.0 Å². The molecule has 7 heteroatoms. The predicted molar refractivity (Wildman–Crippen MR) is 102 cm³/mol. The summed E-state index contributed by atoms with van der Waals surface area (Å²) in [6.07, 6.45) is 3.22. The van der Waals surface area contributed by atoms with Crippen molar-refractivity contribution in [1.82, 2.24) is 15.0 Å². The lowest BCUT2D eigenvalue weighted by molar-refractivity contribution is 0.281. The second-order valence-electron chi connectivity index (χ2n) is 5.92. The second-order valence-corrected chi connectivity index (χ2v) is 5.92. The Balaban J connectivity index is 2.02. The molecule has 0 amide bonds. The van der Waals surface area contributed by atoms with Crippen LogP contribution in [0.4, 0.5) is 0 Å². The van der Waals surface area contributed by atoms with E-state index in [0.717, 1.165) is 11.3 Å². The van der Waals surface area contributed by atoms with Crippen LogP contribution in [0.25, 0.3) is 22.6 Å². The maximum absolute atomic E-state index is 10.4. The first-order valence-electron chi connectivity index (χ1n) is 8.82. The third kappa shape index (κ3) is 3.73. The minimum Gasteiger partial charge on any atom is -0.505 e. The number of aryl methyl sites for hydroxylation is 1. The van der Waals surface area contributed by atoms with Gasteiger partial charge >= 0.3 is 0 Å². The van der Waals surface area contributed by atoms with Gasteiger partial charge in [0.25, 0.3) is 0 Å². The summed E-state index contributed by atoms with van der Waals surface area (Å²) in [5.41, 5.74) is 3.05.